The van der Waals surface area contributed by atoms with Crippen LogP contribution in [0.4, 0.5) is 5.69 Å². The van der Waals surface area contributed by atoms with Crippen molar-refractivity contribution in [3.63, 3.8) is 0 Å². The molecule has 6 heteroatoms. The van der Waals surface area contributed by atoms with E-state index in [1.165, 1.54) is 5.56 Å². The topological polar surface area (TPSA) is 69.0 Å². The van der Waals surface area contributed by atoms with Crippen LogP contribution in [0.1, 0.15) is 5.56 Å². The average Bonchev–Trinajstić information content (AvgIpc) is 3.28. The van der Waals surface area contributed by atoms with Crippen molar-refractivity contribution in [2.75, 3.05) is 25.0 Å². The van der Waals surface area contributed by atoms with E-state index in [-0.39, 0.29) is 24.0 Å². The predicted octanol–water partition coefficient (Wildman–Crippen LogP) is 2.67. The highest BCUT2D eigenvalue weighted by molar-refractivity contribution is 9.10. The van der Waals surface area contributed by atoms with Crippen LogP contribution in [-0.2, 0) is 0 Å². The molecular formula is C19H21BrN4O. The monoisotopic (exact) mass is 400 g/mol. The number of amidine groups is 1. The number of aliphatic hydroxyl groups excluding tert-OH is 1. The van der Waals surface area contributed by atoms with E-state index in [1.54, 1.807) is 0 Å². The quantitative estimate of drug-likeness (QED) is 0.665. The fourth-order valence-corrected chi connectivity index (χ4v) is 4.06. The maximum absolute atomic E-state index is 8.90. The van der Waals surface area contributed by atoms with Gasteiger partial charge in [-0.1, -0.05) is 34.1 Å². The molecule has 3 aliphatic rings. The maximum Gasteiger partial charge on any atom is 0.112 e. The number of benzene rings is 1. The molecule has 1 aliphatic carbocycles. The smallest absolute Gasteiger partial charge is 0.112 e. The van der Waals surface area contributed by atoms with Gasteiger partial charge in [-0.15, -0.1) is 0 Å². The maximum atomic E-state index is 8.90. The first-order valence-electron chi connectivity index (χ1n) is 8.50. The molecule has 3 atom stereocenters. The summed E-state index contributed by atoms with van der Waals surface area (Å²) in [6.45, 7) is 3.55. The van der Waals surface area contributed by atoms with Crippen LogP contribution >= 0.6 is 15.9 Å². The van der Waals surface area contributed by atoms with E-state index in [4.69, 9.17) is 10.1 Å². The Labute approximate surface area is 155 Å². The van der Waals surface area contributed by atoms with E-state index in [1.807, 2.05) is 24.5 Å². The van der Waals surface area contributed by atoms with Gasteiger partial charge < -0.3 is 15.7 Å². The Kier molecular flexibility index (Phi) is 4.35. The van der Waals surface area contributed by atoms with Crippen molar-refractivity contribution in [2.24, 2.45) is 21.3 Å². The lowest BCUT2D eigenvalue weighted by molar-refractivity contribution is 0.294. The first kappa shape index (κ1) is 16.7. The van der Waals surface area contributed by atoms with Gasteiger partial charge in [-0.3, -0.25) is 4.99 Å². The van der Waals surface area contributed by atoms with Crippen molar-refractivity contribution >= 4 is 33.7 Å². The standard InChI is InChI=1S/C19H21BrN4O/c1-12-14(20)3-2-4-15(12)24-18-16-17-19(16,5-6-22-18)9-13(11-23-17)10-21-7-8-25/h2-6,9,11,16-17,21,25H,7-8,10H2,1H3,(H,22,24). The van der Waals surface area contributed by atoms with Crippen LogP contribution < -0.4 is 10.6 Å². The predicted molar refractivity (Wildman–Crippen MR) is 105 cm³/mol. The summed E-state index contributed by atoms with van der Waals surface area (Å²) in [5.74, 6) is 1.24. The summed E-state index contributed by atoms with van der Waals surface area (Å²) in [5, 5.41) is 15.6. The SMILES string of the molecule is Cc1c(Br)cccc1NC1=NC=CC23C=C(CNCCO)C=NC2C13. The van der Waals surface area contributed by atoms with Gasteiger partial charge in [0, 0.05) is 41.1 Å². The van der Waals surface area contributed by atoms with Crippen LogP contribution in [0.3, 0.4) is 0 Å². The molecule has 0 amide bonds. The number of aliphatic hydroxyl groups is 1. The number of fused-ring (bicyclic) bond motifs is 1. The Bertz CT molecular complexity index is 814. The Morgan fingerprint density at radius 1 is 1.36 bits per heavy atom. The zero-order chi connectivity index (χ0) is 17.4. The first-order valence-corrected chi connectivity index (χ1v) is 9.29. The molecule has 2 aliphatic heterocycles. The van der Waals surface area contributed by atoms with Crippen LogP contribution in [0.15, 0.2) is 56.6 Å². The van der Waals surface area contributed by atoms with Gasteiger partial charge in [-0.25, -0.2) is 4.99 Å². The molecular weight excluding hydrogens is 380 g/mol. The molecule has 1 aromatic carbocycles. The molecule has 25 heavy (non-hydrogen) atoms. The Balaban J connectivity index is 1.53. The van der Waals surface area contributed by atoms with Crippen LogP contribution in [0.2, 0.25) is 0 Å². The summed E-state index contributed by atoms with van der Waals surface area (Å²) in [6.07, 6.45) is 8.32. The van der Waals surface area contributed by atoms with E-state index in [0.29, 0.717) is 6.54 Å². The highest BCUT2D eigenvalue weighted by atomic mass is 79.9. The third kappa shape index (κ3) is 2.88. The molecule has 1 saturated carbocycles. The van der Waals surface area contributed by atoms with Gasteiger partial charge in [0.25, 0.3) is 0 Å². The number of halogens is 1. The lowest BCUT2D eigenvalue weighted by Crippen LogP contribution is -2.24. The number of dihydropyridines is 1. The number of nitrogens with one attached hydrogen (secondary N) is 2. The van der Waals surface area contributed by atoms with Gasteiger partial charge in [-0.05, 0) is 30.2 Å². The molecule has 3 N–H and O–H groups in total. The van der Waals surface area contributed by atoms with Crippen LogP contribution in [-0.4, -0.2) is 42.9 Å². The van der Waals surface area contributed by atoms with Gasteiger partial charge in [-0.2, -0.15) is 0 Å². The summed E-state index contributed by atoms with van der Waals surface area (Å²) in [6, 6.07) is 6.37. The van der Waals surface area contributed by atoms with Gasteiger partial charge in [0.15, 0.2) is 0 Å². The molecule has 3 unspecified atom stereocenters. The van der Waals surface area contributed by atoms with Gasteiger partial charge in [0.1, 0.15) is 5.84 Å². The number of aliphatic imine (C=N–C) groups is 2. The third-order valence-electron chi connectivity index (χ3n) is 5.11. The van der Waals surface area contributed by atoms with Crippen LogP contribution in [0.5, 0.6) is 0 Å². The Morgan fingerprint density at radius 3 is 3.08 bits per heavy atom. The molecule has 1 fully saturated rings. The number of rotatable bonds is 5. The van der Waals surface area contributed by atoms with Crippen molar-refractivity contribution < 1.29 is 5.11 Å². The molecule has 130 valence electrons. The zero-order valence-electron chi connectivity index (χ0n) is 14.0. The van der Waals surface area contributed by atoms with E-state index in [2.05, 4.69) is 56.7 Å². The average molecular weight is 401 g/mol. The number of anilines is 1. The normalized spacial score (nSPS) is 28.8. The summed E-state index contributed by atoms with van der Waals surface area (Å²) >= 11 is 3.58. The second-order valence-electron chi connectivity index (χ2n) is 6.69. The van der Waals surface area contributed by atoms with E-state index in [0.717, 1.165) is 28.1 Å². The largest absolute Gasteiger partial charge is 0.395 e. The molecule has 0 aromatic heterocycles. The van der Waals surface area contributed by atoms with Gasteiger partial charge >= 0.3 is 0 Å². The van der Waals surface area contributed by atoms with Crippen molar-refractivity contribution in [3.8, 4) is 0 Å². The molecule has 1 spiro atoms. The van der Waals surface area contributed by atoms with Gasteiger partial charge in [0.05, 0.1) is 18.6 Å². The highest BCUT2D eigenvalue weighted by Crippen LogP contribution is 2.61. The van der Waals surface area contributed by atoms with Crippen molar-refractivity contribution in [1.82, 2.24) is 5.32 Å². The molecule has 1 aromatic rings. The Hall–Kier alpha value is -1.76. The first-order chi connectivity index (χ1) is 12.2. The number of hydrogen-bond acceptors (Lipinski definition) is 5. The summed E-state index contributed by atoms with van der Waals surface area (Å²) in [4.78, 5) is 9.35. The van der Waals surface area contributed by atoms with E-state index in [9.17, 15) is 0 Å². The van der Waals surface area contributed by atoms with E-state index < -0.39 is 0 Å². The zero-order valence-corrected chi connectivity index (χ0v) is 15.6. The lowest BCUT2D eigenvalue weighted by Gasteiger charge is -2.18. The van der Waals surface area contributed by atoms with E-state index >= 15 is 0 Å². The summed E-state index contributed by atoms with van der Waals surface area (Å²) in [7, 11) is 0. The van der Waals surface area contributed by atoms with Crippen molar-refractivity contribution in [2.45, 2.75) is 13.0 Å². The summed E-state index contributed by atoms with van der Waals surface area (Å²) in [5.41, 5.74) is 3.36. The number of nitrogens with zero attached hydrogens (tertiary/aromatic N) is 2. The highest BCUT2D eigenvalue weighted by Gasteiger charge is 2.66. The van der Waals surface area contributed by atoms with Gasteiger partial charge in [0.2, 0.25) is 0 Å². The molecule has 2 heterocycles. The molecule has 0 saturated heterocycles. The third-order valence-corrected chi connectivity index (χ3v) is 5.97. The molecule has 4 rings (SSSR count). The fraction of sp³-hybridized carbons (Fsp3) is 0.368. The van der Waals surface area contributed by atoms with Crippen LogP contribution in [0, 0.1) is 18.3 Å². The molecule has 0 bridgehead atoms. The molecule has 0 radical (unpaired) electrons. The minimum absolute atomic E-state index is 0.0466. The minimum atomic E-state index is -0.0466. The number of hydrogen-bond donors (Lipinski definition) is 3. The Morgan fingerprint density at radius 2 is 2.24 bits per heavy atom. The lowest BCUT2D eigenvalue weighted by atomic mass is 9.96. The van der Waals surface area contributed by atoms with Crippen molar-refractivity contribution in [3.05, 3.63) is 52.2 Å². The second-order valence-corrected chi connectivity index (χ2v) is 7.54. The minimum Gasteiger partial charge on any atom is -0.395 e. The molecule has 5 nitrogen and oxygen atoms in total. The van der Waals surface area contributed by atoms with Crippen molar-refractivity contribution in [1.29, 1.82) is 0 Å². The van der Waals surface area contributed by atoms with Crippen LogP contribution in [0.25, 0.3) is 0 Å². The second kappa shape index (κ2) is 6.52. The summed E-state index contributed by atoms with van der Waals surface area (Å²) < 4.78 is 1.09. The fourth-order valence-electron chi connectivity index (χ4n) is 3.69.